The Morgan fingerprint density at radius 1 is 1.03 bits per heavy atom. The number of aryl methyl sites for hydroxylation is 1. The van der Waals surface area contributed by atoms with Crippen LogP contribution in [0, 0.1) is 0 Å². The van der Waals surface area contributed by atoms with Crippen LogP contribution >= 0.6 is 27.3 Å². The molecule has 3 aromatic rings. The van der Waals surface area contributed by atoms with Crippen LogP contribution in [0.3, 0.4) is 0 Å². The average molecular weight is 528 g/mol. The molecule has 2 aromatic carbocycles. The molecule has 0 aliphatic heterocycles. The number of anilines is 1. The monoisotopic (exact) mass is 527 g/mol. The molecule has 0 unspecified atom stereocenters. The SMILES string of the molecule is CCCc1sc(C(=O)/C=C/c2ccc(OCC(=O)Nc3ccccc3)c(OCC)c2)cc1Br. The third-order valence-corrected chi connectivity index (χ3v) is 6.77. The average Bonchev–Trinajstić information content (AvgIpc) is 3.18. The zero-order valence-electron chi connectivity index (χ0n) is 18.6. The number of rotatable bonds is 11. The Bertz CT molecular complexity index is 1120. The molecule has 0 aliphatic rings. The lowest BCUT2D eigenvalue weighted by atomic mass is 10.1. The smallest absolute Gasteiger partial charge is 0.262 e. The molecule has 1 aromatic heterocycles. The highest BCUT2D eigenvalue weighted by molar-refractivity contribution is 9.10. The van der Waals surface area contributed by atoms with Crippen LogP contribution < -0.4 is 14.8 Å². The van der Waals surface area contributed by atoms with E-state index in [0.717, 1.165) is 22.9 Å². The van der Waals surface area contributed by atoms with Gasteiger partial charge in [-0.25, -0.2) is 0 Å². The van der Waals surface area contributed by atoms with Crippen molar-refractivity contribution in [2.24, 2.45) is 0 Å². The molecule has 0 spiro atoms. The van der Waals surface area contributed by atoms with Gasteiger partial charge in [0.25, 0.3) is 5.91 Å². The van der Waals surface area contributed by atoms with Crippen molar-refractivity contribution in [3.8, 4) is 11.5 Å². The van der Waals surface area contributed by atoms with E-state index in [1.807, 2.05) is 49.4 Å². The van der Waals surface area contributed by atoms with Crippen LogP contribution in [0.2, 0.25) is 0 Å². The summed E-state index contributed by atoms with van der Waals surface area (Å²) in [5.74, 6) is 0.681. The Kier molecular flexibility index (Phi) is 9.27. The Morgan fingerprint density at radius 2 is 1.82 bits per heavy atom. The molecule has 1 N–H and O–H groups in total. The van der Waals surface area contributed by atoms with Gasteiger partial charge in [-0.15, -0.1) is 11.3 Å². The van der Waals surface area contributed by atoms with Crippen molar-refractivity contribution >= 4 is 50.7 Å². The number of allylic oxidation sites excluding steroid dienone is 1. The molecule has 0 bridgehead atoms. The summed E-state index contributed by atoms with van der Waals surface area (Å²) in [6.07, 6.45) is 5.30. The van der Waals surface area contributed by atoms with Crippen molar-refractivity contribution in [2.75, 3.05) is 18.5 Å². The lowest BCUT2D eigenvalue weighted by Gasteiger charge is -2.12. The van der Waals surface area contributed by atoms with Gasteiger partial charge in [0.2, 0.25) is 0 Å². The van der Waals surface area contributed by atoms with Gasteiger partial charge in [0.1, 0.15) is 0 Å². The maximum absolute atomic E-state index is 12.6. The van der Waals surface area contributed by atoms with Crippen LogP contribution in [0.4, 0.5) is 5.69 Å². The number of thiophene rings is 1. The minimum Gasteiger partial charge on any atom is -0.490 e. The number of hydrogen-bond donors (Lipinski definition) is 1. The van der Waals surface area contributed by atoms with E-state index in [9.17, 15) is 9.59 Å². The molecular formula is C26H26BrNO4S. The second-order valence-corrected chi connectivity index (χ2v) is 9.16. The van der Waals surface area contributed by atoms with E-state index in [1.165, 1.54) is 16.2 Å². The summed E-state index contributed by atoms with van der Waals surface area (Å²) in [6, 6.07) is 16.4. The predicted molar refractivity (Wildman–Crippen MR) is 138 cm³/mol. The largest absolute Gasteiger partial charge is 0.490 e. The normalized spacial score (nSPS) is 10.9. The van der Waals surface area contributed by atoms with E-state index < -0.39 is 0 Å². The summed E-state index contributed by atoms with van der Waals surface area (Å²) in [5.41, 5.74) is 1.51. The van der Waals surface area contributed by atoms with Gasteiger partial charge < -0.3 is 14.8 Å². The second kappa shape index (κ2) is 12.4. The van der Waals surface area contributed by atoms with Crippen LogP contribution in [0.1, 0.15) is 40.4 Å². The van der Waals surface area contributed by atoms with Gasteiger partial charge in [-0.3, -0.25) is 9.59 Å². The number of halogens is 1. The van der Waals surface area contributed by atoms with Gasteiger partial charge in [0, 0.05) is 15.0 Å². The molecule has 0 saturated heterocycles. The van der Waals surface area contributed by atoms with Gasteiger partial charge in [-0.1, -0.05) is 43.7 Å². The van der Waals surface area contributed by atoms with E-state index in [-0.39, 0.29) is 18.3 Å². The van der Waals surface area contributed by atoms with Crippen molar-refractivity contribution in [3.05, 3.63) is 80.5 Å². The zero-order valence-corrected chi connectivity index (χ0v) is 21.0. The lowest BCUT2D eigenvalue weighted by molar-refractivity contribution is -0.118. The van der Waals surface area contributed by atoms with Crippen molar-refractivity contribution in [1.82, 2.24) is 0 Å². The Morgan fingerprint density at radius 3 is 2.55 bits per heavy atom. The predicted octanol–water partition coefficient (Wildman–Crippen LogP) is 6.78. The van der Waals surface area contributed by atoms with Crippen LogP contribution in [0.25, 0.3) is 6.08 Å². The number of benzene rings is 2. The molecule has 0 saturated carbocycles. The molecule has 1 amide bonds. The van der Waals surface area contributed by atoms with E-state index in [0.29, 0.717) is 28.7 Å². The van der Waals surface area contributed by atoms with Gasteiger partial charge in [-0.2, -0.15) is 0 Å². The van der Waals surface area contributed by atoms with Crippen molar-refractivity contribution < 1.29 is 19.1 Å². The summed E-state index contributed by atoms with van der Waals surface area (Å²) in [6.45, 7) is 4.30. The van der Waals surface area contributed by atoms with Gasteiger partial charge in [-0.05, 0) is 71.2 Å². The fourth-order valence-electron chi connectivity index (χ4n) is 3.06. The number of carbonyl (C=O) groups excluding carboxylic acids is 2. The fraction of sp³-hybridized carbons (Fsp3) is 0.231. The third kappa shape index (κ3) is 7.30. The Balaban J connectivity index is 1.65. The molecule has 1 heterocycles. The number of ether oxygens (including phenoxy) is 2. The highest BCUT2D eigenvalue weighted by Gasteiger charge is 2.12. The molecule has 0 atom stereocenters. The van der Waals surface area contributed by atoms with Crippen LogP contribution in [0.15, 0.2) is 65.1 Å². The van der Waals surface area contributed by atoms with E-state index >= 15 is 0 Å². The topological polar surface area (TPSA) is 64.6 Å². The zero-order chi connectivity index (χ0) is 23.6. The number of carbonyl (C=O) groups is 2. The number of amides is 1. The number of ketones is 1. The van der Waals surface area contributed by atoms with Crippen LogP contribution in [-0.2, 0) is 11.2 Å². The van der Waals surface area contributed by atoms with E-state index in [4.69, 9.17) is 9.47 Å². The Labute approximate surface area is 206 Å². The maximum atomic E-state index is 12.6. The molecule has 0 aliphatic carbocycles. The maximum Gasteiger partial charge on any atom is 0.262 e. The fourth-order valence-corrected chi connectivity index (χ4v) is 4.95. The van der Waals surface area contributed by atoms with Crippen molar-refractivity contribution in [3.63, 3.8) is 0 Å². The number of para-hydroxylation sites is 1. The highest BCUT2D eigenvalue weighted by atomic mass is 79.9. The third-order valence-electron chi connectivity index (χ3n) is 4.59. The highest BCUT2D eigenvalue weighted by Crippen LogP contribution is 2.31. The number of nitrogens with one attached hydrogen (secondary N) is 1. The quantitative estimate of drug-likeness (QED) is 0.220. The molecule has 0 fully saturated rings. The summed E-state index contributed by atoms with van der Waals surface area (Å²) in [7, 11) is 0. The summed E-state index contributed by atoms with van der Waals surface area (Å²) in [5, 5.41) is 2.78. The summed E-state index contributed by atoms with van der Waals surface area (Å²) < 4.78 is 12.4. The minimum absolute atomic E-state index is 0.0427. The second-order valence-electron chi connectivity index (χ2n) is 7.17. The first kappa shape index (κ1) is 24.7. The van der Waals surface area contributed by atoms with Crippen molar-refractivity contribution in [2.45, 2.75) is 26.7 Å². The van der Waals surface area contributed by atoms with Crippen molar-refractivity contribution in [1.29, 1.82) is 0 Å². The summed E-state index contributed by atoms with van der Waals surface area (Å²) >= 11 is 5.06. The van der Waals surface area contributed by atoms with Gasteiger partial charge >= 0.3 is 0 Å². The van der Waals surface area contributed by atoms with Crippen LogP contribution in [0.5, 0.6) is 11.5 Å². The minimum atomic E-state index is -0.261. The first-order valence-corrected chi connectivity index (χ1v) is 12.4. The first-order valence-electron chi connectivity index (χ1n) is 10.7. The summed E-state index contributed by atoms with van der Waals surface area (Å²) in [4.78, 5) is 26.7. The van der Waals surface area contributed by atoms with E-state index in [1.54, 1.807) is 24.3 Å². The molecule has 0 radical (unpaired) electrons. The molecular weight excluding hydrogens is 502 g/mol. The first-order chi connectivity index (χ1) is 16.0. The van der Waals surface area contributed by atoms with Gasteiger partial charge in [0.05, 0.1) is 11.5 Å². The molecule has 3 rings (SSSR count). The molecule has 172 valence electrons. The Hall–Kier alpha value is -2.90. The standard InChI is InChI=1S/C26H26BrNO4S/c1-3-8-24-20(27)16-25(33-24)21(29)13-11-18-12-14-22(23(15-18)31-4-2)32-17-26(30)28-19-9-6-5-7-10-19/h5-7,9-16H,3-4,8,17H2,1-2H3,(H,28,30)/b13-11+. The van der Waals surface area contributed by atoms with E-state index in [2.05, 4.69) is 28.2 Å². The van der Waals surface area contributed by atoms with Crippen LogP contribution in [-0.4, -0.2) is 24.9 Å². The lowest BCUT2D eigenvalue weighted by Crippen LogP contribution is -2.20. The molecule has 5 nitrogen and oxygen atoms in total. The van der Waals surface area contributed by atoms with Gasteiger partial charge in [0.15, 0.2) is 23.9 Å². The molecule has 7 heteroatoms. The number of hydrogen-bond acceptors (Lipinski definition) is 5. The molecule has 33 heavy (non-hydrogen) atoms.